The summed E-state index contributed by atoms with van der Waals surface area (Å²) in [6.07, 6.45) is 7.68. The summed E-state index contributed by atoms with van der Waals surface area (Å²) >= 11 is 0. The molecule has 0 bridgehead atoms. The predicted molar refractivity (Wildman–Crippen MR) is 200 cm³/mol. The highest BCUT2D eigenvalue weighted by molar-refractivity contribution is 5.93. The lowest BCUT2D eigenvalue weighted by molar-refractivity contribution is -0.276. The van der Waals surface area contributed by atoms with Crippen LogP contribution in [-0.2, 0) is 22.6 Å². The number of ether oxygens (including phenoxy) is 2. The number of aliphatic hydroxyl groups excluding tert-OH is 1. The summed E-state index contributed by atoms with van der Waals surface area (Å²) in [6.45, 7) is 8.29. The van der Waals surface area contributed by atoms with Gasteiger partial charge < -0.3 is 19.9 Å². The van der Waals surface area contributed by atoms with E-state index in [-0.39, 0.29) is 36.3 Å². The number of hydrogen-bond acceptors (Lipinski definition) is 7. The molecule has 2 aliphatic rings. The maximum atomic E-state index is 13.0. The van der Waals surface area contributed by atoms with Crippen molar-refractivity contribution < 1.29 is 19.4 Å². The van der Waals surface area contributed by atoms with Crippen LogP contribution in [0.25, 0.3) is 22.2 Å². The quantitative estimate of drug-likeness (QED) is 0.129. The Morgan fingerprint density at radius 2 is 1.65 bits per heavy atom. The Labute approximate surface area is 300 Å². The minimum atomic E-state index is -0.562. The molecule has 5 aromatic rings. The molecule has 0 spiro atoms. The summed E-state index contributed by atoms with van der Waals surface area (Å²) in [7, 11) is 0. The standard InChI is InChI=1S/C43H46N4O4/c1-3-22-47(36-14-4-5-15-36)27-40-29(2)41(32-20-18-30(28-48)19-21-32)51-43(50-40)35-13-9-12-34(24-35)33-11-8-10-31(23-33)25-45-42(49)39-26-44-37-16-6-7-17-38(37)46-39/h3,6-13,16-21,23-24,26,29,36,40-41,43,48H,1,4-5,14-15,22,25,27-28H2,2H3,(H,45,49). The average molecular weight is 683 g/mol. The highest BCUT2D eigenvalue weighted by atomic mass is 16.7. The summed E-state index contributed by atoms with van der Waals surface area (Å²) in [6, 6.07) is 32.7. The van der Waals surface area contributed by atoms with Gasteiger partial charge in [0.15, 0.2) is 6.29 Å². The second-order valence-corrected chi connectivity index (χ2v) is 13.8. The first-order chi connectivity index (χ1) is 25.0. The molecule has 1 saturated heterocycles. The van der Waals surface area contributed by atoms with Crippen LogP contribution in [0.3, 0.4) is 0 Å². The topological polar surface area (TPSA) is 96.8 Å². The number of rotatable bonds is 12. The van der Waals surface area contributed by atoms with E-state index in [1.807, 2.05) is 60.7 Å². The van der Waals surface area contributed by atoms with Crippen molar-refractivity contribution in [3.63, 3.8) is 0 Å². The van der Waals surface area contributed by atoms with Crippen molar-refractivity contribution in [2.24, 2.45) is 5.92 Å². The molecule has 262 valence electrons. The summed E-state index contributed by atoms with van der Waals surface area (Å²) in [5.74, 6) is -0.165. The monoisotopic (exact) mass is 682 g/mol. The Kier molecular flexibility index (Phi) is 10.9. The molecule has 0 radical (unpaired) electrons. The highest BCUT2D eigenvalue weighted by Crippen LogP contribution is 2.43. The minimum Gasteiger partial charge on any atom is -0.392 e. The number of aliphatic hydroxyl groups is 1. The van der Waals surface area contributed by atoms with Crippen molar-refractivity contribution in [2.45, 2.75) is 70.3 Å². The molecule has 1 amide bonds. The first-order valence-corrected chi connectivity index (χ1v) is 18.0. The number of fused-ring (bicyclic) bond motifs is 1. The van der Waals surface area contributed by atoms with Gasteiger partial charge in [0.1, 0.15) is 5.69 Å². The Morgan fingerprint density at radius 3 is 2.41 bits per heavy atom. The van der Waals surface area contributed by atoms with Gasteiger partial charge in [-0.15, -0.1) is 6.58 Å². The second kappa shape index (κ2) is 16.1. The van der Waals surface area contributed by atoms with Crippen LogP contribution >= 0.6 is 0 Å². The molecule has 4 atom stereocenters. The molecular formula is C43H46N4O4. The molecule has 4 aromatic carbocycles. The molecule has 2 heterocycles. The fraction of sp³-hybridized carbons (Fsp3) is 0.326. The maximum Gasteiger partial charge on any atom is 0.271 e. The minimum absolute atomic E-state index is 0.00706. The molecule has 1 aliphatic carbocycles. The third-order valence-corrected chi connectivity index (χ3v) is 10.3. The summed E-state index contributed by atoms with van der Waals surface area (Å²) in [5.41, 5.74) is 7.67. The van der Waals surface area contributed by atoms with E-state index in [2.05, 4.69) is 76.2 Å². The molecule has 1 saturated carbocycles. The number of benzene rings is 4. The lowest BCUT2D eigenvalue weighted by Crippen LogP contribution is -2.47. The lowest BCUT2D eigenvalue weighted by atomic mass is 9.89. The van der Waals surface area contributed by atoms with E-state index in [0.29, 0.717) is 18.1 Å². The zero-order valence-electron chi connectivity index (χ0n) is 29.2. The average Bonchev–Trinajstić information content (AvgIpc) is 3.73. The van der Waals surface area contributed by atoms with Crippen LogP contribution in [0.5, 0.6) is 0 Å². The third kappa shape index (κ3) is 8.10. The number of carbonyl (C=O) groups excluding carboxylic acids is 1. The van der Waals surface area contributed by atoms with E-state index >= 15 is 0 Å². The Balaban J connectivity index is 1.10. The molecule has 1 aromatic heterocycles. The molecule has 8 nitrogen and oxygen atoms in total. The third-order valence-electron chi connectivity index (χ3n) is 10.3. The molecule has 2 N–H and O–H groups in total. The van der Waals surface area contributed by atoms with Gasteiger partial charge in [-0.1, -0.05) is 98.6 Å². The highest BCUT2D eigenvalue weighted by Gasteiger charge is 2.40. The van der Waals surface area contributed by atoms with Crippen LogP contribution in [0.15, 0.2) is 116 Å². The van der Waals surface area contributed by atoms with Crippen molar-refractivity contribution in [3.8, 4) is 11.1 Å². The van der Waals surface area contributed by atoms with E-state index < -0.39 is 6.29 Å². The number of nitrogens with zero attached hydrogens (tertiary/aromatic N) is 3. The van der Waals surface area contributed by atoms with Crippen LogP contribution in [0.1, 0.15) is 77.7 Å². The zero-order valence-corrected chi connectivity index (χ0v) is 29.2. The fourth-order valence-electron chi connectivity index (χ4n) is 7.43. The van der Waals surface area contributed by atoms with Crippen molar-refractivity contribution in [1.82, 2.24) is 20.2 Å². The van der Waals surface area contributed by atoms with Crippen molar-refractivity contribution >= 4 is 16.9 Å². The van der Waals surface area contributed by atoms with E-state index in [1.165, 1.54) is 31.9 Å². The van der Waals surface area contributed by atoms with Crippen molar-refractivity contribution in [2.75, 3.05) is 13.1 Å². The van der Waals surface area contributed by atoms with Gasteiger partial charge in [0.05, 0.1) is 36.0 Å². The Hall–Kier alpha value is -4.73. The van der Waals surface area contributed by atoms with Crippen LogP contribution < -0.4 is 5.32 Å². The second-order valence-electron chi connectivity index (χ2n) is 13.8. The van der Waals surface area contributed by atoms with Gasteiger partial charge in [0.2, 0.25) is 0 Å². The zero-order chi connectivity index (χ0) is 35.2. The van der Waals surface area contributed by atoms with Gasteiger partial charge in [0, 0.05) is 37.2 Å². The van der Waals surface area contributed by atoms with Crippen LogP contribution in [0.4, 0.5) is 0 Å². The number of amides is 1. The van der Waals surface area contributed by atoms with Gasteiger partial charge in [-0.3, -0.25) is 14.7 Å². The summed E-state index contributed by atoms with van der Waals surface area (Å²) in [4.78, 5) is 24.4. The molecule has 1 aliphatic heterocycles. The molecule has 51 heavy (non-hydrogen) atoms. The summed E-state index contributed by atoms with van der Waals surface area (Å²) in [5, 5.41) is 12.7. The van der Waals surface area contributed by atoms with Crippen molar-refractivity contribution in [1.29, 1.82) is 0 Å². The number of carbonyl (C=O) groups is 1. The van der Waals surface area contributed by atoms with Gasteiger partial charge in [0.25, 0.3) is 5.91 Å². The van der Waals surface area contributed by atoms with Crippen LogP contribution in [0.2, 0.25) is 0 Å². The first-order valence-electron chi connectivity index (χ1n) is 18.0. The number of para-hydroxylation sites is 2. The number of nitrogens with one attached hydrogen (secondary N) is 1. The van der Waals surface area contributed by atoms with E-state index in [4.69, 9.17) is 9.47 Å². The predicted octanol–water partition coefficient (Wildman–Crippen LogP) is 7.94. The Morgan fingerprint density at radius 1 is 0.902 bits per heavy atom. The molecule has 2 fully saturated rings. The molecule has 4 unspecified atom stereocenters. The van der Waals surface area contributed by atoms with Crippen LogP contribution in [-0.4, -0.2) is 51.1 Å². The molecular weight excluding hydrogens is 636 g/mol. The van der Waals surface area contributed by atoms with Crippen LogP contribution in [0, 0.1) is 5.92 Å². The van der Waals surface area contributed by atoms with Gasteiger partial charge in [-0.05, 0) is 64.9 Å². The fourth-order valence-corrected chi connectivity index (χ4v) is 7.43. The smallest absolute Gasteiger partial charge is 0.271 e. The van der Waals surface area contributed by atoms with E-state index in [0.717, 1.165) is 52.0 Å². The number of hydrogen-bond donors (Lipinski definition) is 2. The Bertz CT molecular complexity index is 1960. The van der Waals surface area contributed by atoms with E-state index in [1.54, 1.807) is 0 Å². The lowest BCUT2D eigenvalue weighted by Gasteiger charge is -2.43. The maximum absolute atomic E-state index is 13.0. The SMILES string of the molecule is C=CCN(CC1OC(c2cccc(-c3cccc(CNC(=O)c4cnc5ccccc5n4)c3)c2)OC(c2ccc(CO)cc2)C1C)C1CCCC1. The van der Waals surface area contributed by atoms with Gasteiger partial charge in [-0.2, -0.15) is 0 Å². The first kappa shape index (κ1) is 34.7. The summed E-state index contributed by atoms with van der Waals surface area (Å²) < 4.78 is 13.7. The van der Waals surface area contributed by atoms with Gasteiger partial charge in [-0.25, -0.2) is 4.98 Å². The molecule has 8 heteroatoms. The van der Waals surface area contributed by atoms with E-state index in [9.17, 15) is 9.90 Å². The van der Waals surface area contributed by atoms with Crippen molar-refractivity contribution in [3.05, 3.63) is 144 Å². The largest absolute Gasteiger partial charge is 0.392 e. The van der Waals surface area contributed by atoms with Gasteiger partial charge >= 0.3 is 0 Å². The molecule has 7 rings (SSSR count). The number of aromatic nitrogens is 2. The normalized spacial score (nSPS) is 20.8.